The third kappa shape index (κ3) is 3.67. The monoisotopic (exact) mass is 351 g/mol. The summed E-state index contributed by atoms with van der Waals surface area (Å²) in [6.45, 7) is 0.726. The second-order valence-electron chi connectivity index (χ2n) is 5.48. The lowest BCUT2D eigenvalue weighted by atomic mass is 9.95. The third-order valence-corrected chi connectivity index (χ3v) is 6.26. The summed E-state index contributed by atoms with van der Waals surface area (Å²) in [5.74, 6) is 2.13. The van der Waals surface area contributed by atoms with Gasteiger partial charge in [0.1, 0.15) is 0 Å². The number of carbonyl (C=O) groups excluding carboxylic acids is 1. The lowest BCUT2D eigenvalue weighted by Crippen LogP contribution is -2.36. The number of thioether (sulfide) groups is 1. The second-order valence-corrected chi connectivity index (χ2v) is 8.05. The summed E-state index contributed by atoms with van der Waals surface area (Å²) in [4.78, 5) is 13.8. The van der Waals surface area contributed by atoms with E-state index >= 15 is 0 Å². The van der Waals surface area contributed by atoms with Gasteiger partial charge in [-0.05, 0) is 42.0 Å². The summed E-state index contributed by atoms with van der Waals surface area (Å²) in [6.07, 6.45) is 1.87. The zero-order chi connectivity index (χ0) is 15.4. The zero-order valence-electron chi connectivity index (χ0n) is 12.2. The van der Waals surface area contributed by atoms with Crippen molar-refractivity contribution in [3.05, 3.63) is 57.2 Å². The van der Waals surface area contributed by atoms with Crippen LogP contribution in [0.3, 0.4) is 0 Å². The number of hydrogen-bond acceptors (Lipinski definition) is 3. The topological polar surface area (TPSA) is 29.1 Å². The molecular formula is C17H18ClNOS2. The van der Waals surface area contributed by atoms with E-state index in [1.807, 2.05) is 36.0 Å². The molecule has 2 aromatic rings. The van der Waals surface area contributed by atoms with Gasteiger partial charge in [0.25, 0.3) is 0 Å². The molecule has 0 saturated heterocycles. The van der Waals surface area contributed by atoms with Crippen molar-refractivity contribution in [3.63, 3.8) is 0 Å². The van der Waals surface area contributed by atoms with Gasteiger partial charge in [0.15, 0.2) is 0 Å². The number of rotatable bonds is 7. The number of carbonyl (C=O) groups is 1. The molecule has 0 radical (unpaired) electrons. The first-order valence-electron chi connectivity index (χ1n) is 7.35. The molecule has 3 rings (SSSR count). The van der Waals surface area contributed by atoms with Crippen molar-refractivity contribution < 1.29 is 4.79 Å². The quantitative estimate of drug-likeness (QED) is 0.745. The van der Waals surface area contributed by atoms with Crippen LogP contribution < -0.4 is 5.32 Å². The molecule has 1 aliphatic carbocycles. The van der Waals surface area contributed by atoms with Crippen LogP contribution in [0.1, 0.15) is 23.3 Å². The van der Waals surface area contributed by atoms with Gasteiger partial charge < -0.3 is 5.32 Å². The Morgan fingerprint density at radius 2 is 2.05 bits per heavy atom. The molecule has 5 heteroatoms. The molecule has 1 heterocycles. The number of nitrogens with one attached hydrogen (secondary N) is 1. The Morgan fingerprint density at radius 3 is 2.68 bits per heavy atom. The minimum atomic E-state index is -0.303. The average Bonchev–Trinajstić information content (AvgIpc) is 3.17. The summed E-state index contributed by atoms with van der Waals surface area (Å²) >= 11 is 9.56. The highest BCUT2D eigenvalue weighted by Gasteiger charge is 2.50. The van der Waals surface area contributed by atoms with Gasteiger partial charge in [-0.3, -0.25) is 4.79 Å². The van der Waals surface area contributed by atoms with Gasteiger partial charge in [-0.15, -0.1) is 11.3 Å². The summed E-state index contributed by atoms with van der Waals surface area (Å²) in [6, 6.07) is 11.9. The average molecular weight is 352 g/mol. The molecule has 0 bridgehead atoms. The standard InChI is InChI=1S/C17H18ClNOS2/c18-14-5-3-13(4-6-14)17(7-8-17)16(20)19-9-11-21-12-15-2-1-10-22-15/h1-6,10H,7-9,11-12H2,(H,19,20). The predicted molar refractivity (Wildman–Crippen MR) is 95.9 cm³/mol. The lowest BCUT2D eigenvalue weighted by Gasteiger charge is -2.15. The van der Waals surface area contributed by atoms with E-state index in [1.165, 1.54) is 4.88 Å². The van der Waals surface area contributed by atoms with E-state index < -0.39 is 0 Å². The van der Waals surface area contributed by atoms with Gasteiger partial charge in [0.2, 0.25) is 5.91 Å². The van der Waals surface area contributed by atoms with E-state index in [0.29, 0.717) is 5.02 Å². The highest BCUT2D eigenvalue weighted by molar-refractivity contribution is 7.98. The number of thiophene rings is 1. The van der Waals surface area contributed by atoms with Crippen LogP contribution in [0.2, 0.25) is 5.02 Å². The molecule has 1 amide bonds. The van der Waals surface area contributed by atoms with Crippen LogP contribution in [0.5, 0.6) is 0 Å². The molecule has 1 fully saturated rings. The minimum absolute atomic E-state index is 0.159. The van der Waals surface area contributed by atoms with Crippen LogP contribution in [0.4, 0.5) is 0 Å². The fourth-order valence-corrected chi connectivity index (χ4v) is 4.34. The van der Waals surface area contributed by atoms with E-state index in [2.05, 4.69) is 22.8 Å². The molecule has 1 N–H and O–H groups in total. The van der Waals surface area contributed by atoms with E-state index in [9.17, 15) is 4.79 Å². The molecule has 1 aromatic carbocycles. The summed E-state index contributed by atoms with van der Waals surface area (Å²) < 4.78 is 0. The summed E-state index contributed by atoms with van der Waals surface area (Å²) in [7, 11) is 0. The Kier molecular flexibility index (Phi) is 5.11. The first kappa shape index (κ1) is 15.9. The molecule has 0 aliphatic heterocycles. The van der Waals surface area contributed by atoms with Crippen molar-refractivity contribution in [2.45, 2.75) is 24.0 Å². The molecule has 2 nitrogen and oxygen atoms in total. The van der Waals surface area contributed by atoms with Crippen molar-refractivity contribution in [2.24, 2.45) is 0 Å². The Hall–Kier alpha value is -0.970. The number of amides is 1. The second kappa shape index (κ2) is 7.07. The fourth-order valence-electron chi connectivity index (χ4n) is 2.51. The van der Waals surface area contributed by atoms with Crippen LogP contribution in [-0.2, 0) is 16.0 Å². The van der Waals surface area contributed by atoms with Crippen molar-refractivity contribution in [2.75, 3.05) is 12.3 Å². The molecule has 0 spiro atoms. The molecule has 22 heavy (non-hydrogen) atoms. The Labute approximate surface area is 144 Å². The van der Waals surface area contributed by atoms with Gasteiger partial charge in [0.05, 0.1) is 5.41 Å². The van der Waals surface area contributed by atoms with Crippen molar-refractivity contribution >= 4 is 40.6 Å². The number of benzene rings is 1. The maximum Gasteiger partial charge on any atom is 0.230 e. The molecule has 1 aromatic heterocycles. The van der Waals surface area contributed by atoms with Crippen molar-refractivity contribution in [3.8, 4) is 0 Å². The lowest BCUT2D eigenvalue weighted by molar-refractivity contribution is -0.123. The molecule has 0 atom stereocenters. The van der Waals surface area contributed by atoms with Gasteiger partial charge >= 0.3 is 0 Å². The Bertz CT molecular complexity index is 621. The first-order chi connectivity index (χ1) is 10.7. The number of halogens is 1. The molecule has 0 unspecified atom stereocenters. The molecule has 1 saturated carbocycles. The largest absolute Gasteiger partial charge is 0.355 e. The van der Waals surface area contributed by atoms with Crippen molar-refractivity contribution in [1.29, 1.82) is 0 Å². The van der Waals surface area contributed by atoms with Crippen LogP contribution in [0.15, 0.2) is 41.8 Å². The maximum absolute atomic E-state index is 12.5. The highest BCUT2D eigenvalue weighted by atomic mass is 35.5. The van der Waals surface area contributed by atoms with E-state index in [1.54, 1.807) is 11.3 Å². The van der Waals surface area contributed by atoms with E-state index in [4.69, 9.17) is 11.6 Å². The smallest absolute Gasteiger partial charge is 0.230 e. The van der Waals surface area contributed by atoms with Crippen molar-refractivity contribution in [1.82, 2.24) is 5.32 Å². The van der Waals surface area contributed by atoms with E-state index in [-0.39, 0.29) is 11.3 Å². The predicted octanol–water partition coefficient (Wildman–Crippen LogP) is 4.48. The fraction of sp³-hybridized carbons (Fsp3) is 0.353. The third-order valence-electron chi connectivity index (χ3n) is 3.94. The summed E-state index contributed by atoms with van der Waals surface area (Å²) in [5, 5.41) is 5.90. The zero-order valence-corrected chi connectivity index (χ0v) is 14.6. The molecular weight excluding hydrogens is 334 g/mol. The van der Waals surface area contributed by atoms with Gasteiger partial charge in [-0.2, -0.15) is 11.8 Å². The van der Waals surface area contributed by atoms with Crippen LogP contribution >= 0.6 is 34.7 Å². The van der Waals surface area contributed by atoms with Gasteiger partial charge in [-0.1, -0.05) is 29.8 Å². The Morgan fingerprint density at radius 1 is 1.27 bits per heavy atom. The Balaban J connectivity index is 1.44. The normalized spacial score (nSPS) is 15.5. The summed E-state index contributed by atoms with van der Waals surface area (Å²) in [5.41, 5.74) is 0.781. The van der Waals surface area contributed by atoms with E-state index in [0.717, 1.165) is 36.5 Å². The van der Waals surface area contributed by atoms with Gasteiger partial charge in [0, 0.05) is 28.0 Å². The van der Waals surface area contributed by atoms with Crippen LogP contribution in [-0.4, -0.2) is 18.2 Å². The van der Waals surface area contributed by atoms with Gasteiger partial charge in [-0.25, -0.2) is 0 Å². The first-order valence-corrected chi connectivity index (χ1v) is 9.76. The highest BCUT2D eigenvalue weighted by Crippen LogP contribution is 2.48. The molecule has 116 valence electrons. The maximum atomic E-state index is 12.5. The molecule has 1 aliphatic rings. The minimum Gasteiger partial charge on any atom is -0.355 e. The SMILES string of the molecule is O=C(NCCSCc1cccs1)C1(c2ccc(Cl)cc2)CC1. The van der Waals surface area contributed by atoms with Crippen LogP contribution in [0.25, 0.3) is 0 Å². The van der Waals surface area contributed by atoms with Crippen LogP contribution in [0, 0.1) is 0 Å². The number of hydrogen-bond donors (Lipinski definition) is 1.